The van der Waals surface area contributed by atoms with Gasteiger partial charge in [0.15, 0.2) is 0 Å². The molecule has 1 N–H and O–H groups in total. The van der Waals surface area contributed by atoms with Crippen molar-refractivity contribution in [1.29, 1.82) is 0 Å². The molecule has 3 amide bonds. The molecule has 1 saturated heterocycles. The number of amides is 3. The average Bonchev–Trinajstić information content (AvgIpc) is 2.96. The van der Waals surface area contributed by atoms with E-state index >= 15 is 0 Å². The summed E-state index contributed by atoms with van der Waals surface area (Å²) in [5.41, 5.74) is 0.838. The predicted molar refractivity (Wildman–Crippen MR) is 96.7 cm³/mol. The molecule has 1 aliphatic carbocycles. The van der Waals surface area contributed by atoms with Crippen LogP contribution in [-0.2, 0) is 4.79 Å². The second-order valence-corrected chi connectivity index (χ2v) is 7.06. The molecule has 2 fully saturated rings. The zero-order valence-corrected chi connectivity index (χ0v) is 15.0. The molecule has 1 aromatic rings. The van der Waals surface area contributed by atoms with Crippen molar-refractivity contribution in [2.45, 2.75) is 44.6 Å². The van der Waals surface area contributed by atoms with Gasteiger partial charge in [-0.25, -0.2) is 0 Å². The van der Waals surface area contributed by atoms with E-state index in [2.05, 4.69) is 10.3 Å². The SMILES string of the molecule is O=CN1CCN(C(=O)c2cncc(C(=O)NC3CCCCCC3)c2)CC1. The van der Waals surface area contributed by atoms with Crippen LogP contribution in [0.1, 0.15) is 59.2 Å². The summed E-state index contributed by atoms with van der Waals surface area (Å²) < 4.78 is 0. The first-order chi connectivity index (χ1) is 12.7. The monoisotopic (exact) mass is 358 g/mol. The molecule has 3 rings (SSSR count). The van der Waals surface area contributed by atoms with Crippen molar-refractivity contribution in [2.75, 3.05) is 26.2 Å². The minimum Gasteiger partial charge on any atom is -0.349 e. The van der Waals surface area contributed by atoms with Crippen LogP contribution in [0.25, 0.3) is 0 Å². The van der Waals surface area contributed by atoms with Gasteiger partial charge in [-0.15, -0.1) is 0 Å². The molecule has 0 spiro atoms. The number of pyridine rings is 1. The molecule has 0 bridgehead atoms. The number of carbonyl (C=O) groups is 3. The molecule has 1 aliphatic heterocycles. The zero-order valence-electron chi connectivity index (χ0n) is 15.0. The van der Waals surface area contributed by atoms with Crippen molar-refractivity contribution in [3.63, 3.8) is 0 Å². The van der Waals surface area contributed by atoms with Gasteiger partial charge < -0.3 is 15.1 Å². The van der Waals surface area contributed by atoms with E-state index in [0.717, 1.165) is 32.1 Å². The first kappa shape index (κ1) is 18.4. The highest BCUT2D eigenvalue weighted by Gasteiger charge is 2.23. The summed E-state index contributed by atoms with van der Waals surface area (Å²) in [5, 5.41) is 3.08. The average molecular weight is 358 g/mol. The zero-order chi connectivity index (χ0) is 18.4. The van der Waals surface area contributed by atoms with Crippen LogP contribution in [0.15, 0.2) is 18.5 Å². The topological polar surface area (TPSA) is 82.6 Å². The van der Waals surface area contributed by atoms with E-state index in [-0.39, 0.29) is 17.9 Å². The smallest absolute Gasteiger partial charge is 0.255 e. The van der Waals surface area contributed by atoms with E-state index in [4.69, 9.17) is 0 Å². The van der Waals surface area contributed by atoms with Crippen LogP contribution in [0, 0.1) is 0 Å². The number of hydrogen-bond donors (Lipinski definition) is 1. The molecule has 1 saturated carbocycles. The van der Waals surface area contributed by atoms with Crippen molar-refractivity contribution >= 4 is 18.2 Å². The van der Waals surface area contributed by atoms with Crippen molar-refractivity contribution < 1.29 is 14.4 Å². The van der Waals surface area contributed by atoms with Gasteiger partial charge in [-0.05, 0) is 18.9 Å². The van der Waals surface area contributed by atoms with Gasteiger partial charge in [0.25, 0.3) is 11.8 Å². The number of nitrogens with one attached hydrogen (secondary N) is 1. The first-order valence-electron chi connectivity index (χ1n) is 9.42. The van der Waals surface area contributed by atoms with Gasteiger partial charge in [-0.1, -0.05) is 25.7 Å². The second-order valence-electron chi connectivity index (χ2n) is 7.06. The number of nitrogens with zero attached hydrogens (tertiary/aromatic N) is 3. The lowest BCUT2D eigenvalue weighted by Gasteiger charge is -2.32. The number of rotatable bonds is 4. The lowest BCUT2D eigenvalue weighted by atomic mass is 10.1. The van der Waals surface area contributed by atoms with Crippen LogP contribution in [0.5, 0.6) is 0 Å². The van der Waals surface area contributed by atoms with Crippen LogP contribution in [0.3, 0.4) is 0 Å². The molecule has 0 atom stereocenters. The van der Waals surface area contributed by atoms with Crippen LogP contribution >= 0.6 is 0 Å². The molecular formula is C19H26N4O3. The Morgan fingerprint density at radius 1 is 1.00 bits per heavy atom. The first-order valence-corrected chi connectivity index (χ1v) is 9.42. The van der Waals surface area contributed by atoms with Crippen molar-refractivity contribution in [2.24, 2.45) is 0 Å². The minimum absolute atomic E-state index is 0.146. The van der Waals surface area contributed by atoms with Gasteiger partial charge in [0.1, 0.15) is 0 Å². The maximum Gasteiger partial charge on any atom is 0.255 e. The summed E-state index contributed by atoms with van der Waals surface area (Å²) in [5.74, 6) is -0.308. The van der Waals surface area contributed by atoms with Gasteiger partial charge in [-0.3, -0.25) is 19.4 Å². The summed E-state index contributed by atoms with van der Waals surface area (Å²) in [7, 11) is 0. The van der Waals surface area contributed by atoms with Crippen LogP contribution in [0.4, 0.5) is 0 Å². The largest absolute Gasteiger partial charge is 0.349 e. The lowest BCUT2D eigenvalue weighted by Crippen LogP contribution is -2.48. The Balaban J connectivity index is 1.62. The quantitative estimate of drug-likeness (QED) is 0.652. The third-order valence-corrected chi connectivity index (χ3v) is 5.19. The van der Waals surface area contributed by atoms with Gasteiger partial charge in [0.2, 0.25) is 6.41 Å². The number of piperazine rings is 1. The molecule has 7 nitrogen and oxygen atoms in total. The predicted octanol–water partition coefficient (Wildman–Crippen LogP) is 1.45. The highest BCUT2D eigenvalue weighted by Crippen LogP contribution is 2.18. The Kier molecular flexibility index (Phi) is 6.20. The van der Waals surface area contributed by atoms with Gasteiger partial charge in [0, 0.05) is 44.6 Å². The van der Waals surface area contributed by atoms with Gasteiger partial charge in [0.05, 0.1) is 11.1 Å². The fraction of sp³-hybridized carbons (Fsp3) is 0.579. The number of carbonyl (C=O) groups excluding carboxylic acids is 3. The van der Waals surface area contributed by atoms with Gasteiger partial charge in [-0.2, -0.15) is 0 Å². The van der Waals surface area contributed by atoms with E-state index in [1.54, 1.807) is 15.9 Å². The van der Waals surface area contributed by atoms with Crippen molar-refractivity contribution in [1.82, 2.24) is 20.1 Å². The molecule has 140 valence electrons. The standard InChI is InChI=1S/C19H26N4O3/c24-14-22-7-9-23(10-8-22)19(26)16-11-15(12-20-13-16)18(25)21-17-5-3-1-2-4-6-17/h11-14,17H,1-10H2,(H,21,25). The third-order valence-electron chi connectivity index (χ3n) is 5.19. The fourth-order valence-electron chi connectivity index (χ4n) is 3.59. The van der Waals surface area contributed by atoms with Crippen LogP contribution < -0.4 is 5.32 Å². The summed E-state index contributed by atoms with van der Waals surface area (Å²) in [4.78, 5) is 43.4. The molecule has 7 heteroatoms. The Labute approximate surface area is 153 Å². The second kappa shape index (κ2) is 8.78. The molecule has 2 heterocycles. The highest BCUT2D eigenvalue weighted by molar-refractivity contribution is 5.99. The minimum atomic E-state index is -0.162. The molecule has 0 aromatic carbocycles. The normalized spacial score (nSPS) is 18.9. The van der Waals surface area contributed by atoms with Gasteiger partial charge >= 0.3 is 0 Å². The Hall–Kier alpha value is -2.44. The van der Waals surface area contributed by atoms with E-state index in [1.165, 1.54) is 25.2 Å². The van der Waals surface area contributed by atoms with E-state index in [0.29, 0.717) is 37.3 Å². The number of aromatic nitrogens is 1. The Morgan fingerprint density at radius 3 is 2.31 bits per heavy atom. The highest BCUT2D eigenvalue weighted by atomic mass is 16.2. The van der Waals surface area contributed by atoms with Crippen LogP contribution in [0.2, 0.25) is 0 Å². The molecular weight excluding hydrogens is 332 g/mol. The molecule has 1 aromatic heterocycles. The van der Waals surface area contributed by atoms with Crippen molar-refractivity contribution in [3.8, 4) is 0 Å². The summed E-state index contributed by atoms with van der Waals surface area (Å²) in [6.45, 7) is 2.06. The Morgan fingerprint density at radius 2 is 1.65 bits per heavy atom. The van der Waals surface area contributed by atoms with Crippen molar-refractivity contribution in [3.05, 3.63) is 29.6 Å². The molecule has 2 aliphatic rings. The maximum atomic E-state index is 12.7. The molecule has 0 unspecified atom stereocenters. The molecule has 0 radical (unpaired) electrons. The maximum absolute atomic E-state index is 12.7. The fourth-order valence-corrected chi connectivity index (χ4v) is 3.59. The lowest BCUT2D eigenvalue weighted by molar-refractivity contribution is -0.119. The summed E-state index contributed by atoms with van der Waals surface area (Å²) in [6.07, 6.45) is 10.6. The molecule has 26 heavy (non-hydrogen) atoms. The van der Waals surface area contributed by atoms with E-state index < -0.39 is 0 Å². The third kappa shape index (κ3) is 4.59. The Bertz CT molecular complexity index is 648. The number of hydrogen-bond acceptors (Lipinski definition) is 4. The van der Waals surface area contributed by atoms with Crippen LogP contribution in [-0.4, -0.2) is 65.2 Å². The summed E-state index contributed by atoms with van der Waals surface area (Å²) >= 11 is 0. The van der Waals surface area contributed by atoms with E-state index in [1.807, 2.05) is 0 Å². The summed E-state index contributed by atoms with van der Waals surface area (Å²) in [6, 6.07) is 1.83. The van der Waals surface area contributed by atoms with E-state index in [9.17, 15) is 14.4 Å².